The third-order valence-electron chi connectivity index (χ3n) is 3.60. The maximum absolute atomic E-state index is 5.76. The quantitative estimate of drug-likeness (QED) is 0.820. The molecule has 3 nitrogen and oxygen atoms in total. The predicted octanol–water partition coefficient (Wildman–Crippen LogP) is 3.93. The van der Waals surface area contributed by atoms with Gasteiger partial charge in [0.25, 0.3) is 0 Å². The Balaban J connectivity index is 0.00000200. The Labute approximate surface area is 127 Å². The fourth-order valence-electron chi connectivity index (χ4n) is 2.37. The van der Waals surface area contributed by atoms with Crippen molar-refractivity contribution in [3.63, 3.8) is 0 Å². The van der Waals surface area contributed by atoms with Gasteiger partial charge in [-0.3, -0.25) is 4.68 Å². The average Bonchev–Trinajstić information content (AvgIpc) is 2.88. The molecule has 0 fully saturated rings. The van der Waals surface area contributed by atoms with E-state index >= 15 is 0 Å². The van der Waals surface area contributed by atoms with Crippen molar-refractivity contribution < 1.29 is 0 Å². The highest BCUT2D eigenvalue weighted by atomic mass is 35.5. The van der Waals surface area contributed by atoms with Crippen LogP contribution in [0.5, 0.6) is 0 Å². The molecule has 20 heavy (non-hydrogen) atoms. The first-order valence-corrected chi connectivity index (χ1v) is 7.07. The van der Waals surface area contributed by atoms with E-state index in [1.54, 1.807) is 0 Å². The highest BCUT2D eigenvalue weighted by Crippen LogP contribution is 2.25. The monoisotopic (exact) mass is 293 g/mol. The lowest BCUT2D eigenvalue weighted by Gasteiger charge is -2.08. The molecular weight excluding hydrogens is 270 g/mol. The Hall–Kier alpha value is -1.32. The van der Waals surface area contributed by atoms with Crippen LogP contribution in [0.1, 0.15) is 37.3 Å². The summed E-state index contributed by atoms with van der Waals surface area (Å²) in [5, 5.41) is 4.45. The van der Waals surface area contributed by atoms with Crippen molar-refractivity contribution in [2.24, 2.45) is 5.73 Å². The molecule has 2 N–H and O–H groups in total. The summed E-state index contributed by atoms with van der Waals surface area (Å²) in [6.07, 6.45) is 7.79. The fraction of sp³-hybridized carbons (Fsp3) is 0.438. The van der Waals surface area contributed by atoms with Crippen molar-refractivity contribution >= 4 is 12.4 Å². The first-order chi connectivity index (χ1) is 9.26. The van der Waals surface area contributed by atoms with Crippen molar-refractivity contribution in [2.75, 3.05) is 0 Å². The van der Waals surface area contributed by atoms with Crippen molar-refractivity contribution in [1.29, 1.82) is 0 Å². The van der Waals surface area contributed by atoms with Crippen LogP contribution in [-0.2, 0) is 13.1 Å². The molecule has 0 aliphatic carbocycles. The summed E-state index contributed by atoms with van der Waals surface area (Å²) in [6, 6.07) is 6.30. The second kappa shape index (κ2) is 8.08. The number of halogens is 1. The van der Waals surface area contributed by atoms with Gasteiger partial charge in [-0.1, -0.05) is 38.0 Å². The van der Waals surface area contributed by atoms with E-state index in [9.17, 15) is 0 Å². The number of hydrogen-bond donors (Lipinski definition) is 1. The van der Waals surface area contributed by atoms with Crippen molar-refractivity contribution in [3.8, 4) is 11.1 Å². The molecule has 0 spiro atoms. The molecule has 0 amide bonds. The predicted molar refractivity (Wildman–Crippen MR) is 87.1 cm³/mol. The number of benzene rings is 1. The lowest BCUT2D eigenvalue weighted by atomic mass is 9.99. The molecule has 2 rings (SSSR count). The molecule has 0 atom stereocenters. The summed E-state index contributed by atoms with van der Waals surface area (Å²) < 4.78 is 2.04. The first kappa shape index (κ1) is 16.7. The molecule has 0 radical (unpaired) electrons. The molecule has 4 heteroatoms. The number of aromatic nitrogens is 2. The van der Waals surface area contributed by atoms with E-state index in [1.807, 2.05) is 10.9 Å². The van der Waals surface area contributed by atoms with Crippen LogP contribution in [0.3, 0.4) is 0 Å². The minimum absolute atomic E-state index is 0. The van der Waals surface area contributed by atoms with Gasteiger partial charge >= 0.3 is 0 Å². The molecular formula is C16H24ClN3. The molecule has 0 unspecified atom stereocenters. The number of nitrogens with zero attached hydrogens (tertiary/aromatic N) is 2. The zero-order valence-electron chi connectivity index (χ0n) is 12.3. The number of unbranched alkanes of at least 4 members (excludes halogenated alkanes) is 2. The molecule has 1 aromatic heterocycles. The smallest absolute Gasteiger partial charge is 0.0568 e. The van der Waals surface area contributed by atoms with Crippen LogP contribution < -0.4 is 5.73 Å². The Kier molecular flexibility index (Phi) is 6.76. The van der Waals surface area contributed by atoms with Crippen LogP contribution in [0.2, 0.25) is 0 Å². The van der Waals surface area contributed by atoms with Gasteiger partial charge in [-0.15, -0.1) is 12.4 Å². The van der Waals surface area contributed by atoms with E-state index in [0.29, 0.717) is 6.54 Å². The lowest BCUT2D eigenvalue weighted by Crippen LogP contribution is -2.00. The van der Waals surface area contributed by atoms with Crippen LogP contribution in [-0.4, -0.2) is 9.78 Å². The second-order valence-corrected chi connectivity index (χ2v) is 4.99. The maximum atomic E-state index is 5.76. The van der Waals surface area contributed by atoms with E-state index in [0.717, 1.165) is 6.54 Å². The molecule has 0 aliphatic rings. The Morgan fingerprint density at radius 2 is 2.05 bits per heavy atom. The molecule has 0 bridgehead atoms. The SMILES string of the molecule is CCCCCn1cc(-c2cccc(CN)c2C)cn1.Cl. The molecule has 0 saturated carbocycles. The van der Waals surface area contributed by atoms with Gasteiger partial charge in [0.05, 0.1) is 6.20 Å². The fourth-order valence-corrected chi connectivity index (χ4v) is 2.37. The summed E-state index contributed by atoms with van der Waals surface area (Å²) in [5.74, 6) is 0. The highest BCUT2D eigenvalue weighted by molar-refractivity contribution is 5.85. The van der Waals surface area contributed by atoms with Crippen molar-refractivity contribution in [1.82, 2.24) is 9.78 Å². The third-order valence-corrected chi connectivity index (χ3v) is 3.60. The van der Waals surface area contributed by atoms with Gasteiger partial charge in [0.15, 0.2) is 0 Å². The van der Waals surface area contributed by atoms with Gasteiger partial charge in [-0.25, -0.2) is 0 Å². The van der Waals surface area contributed by atoms with Gasteiger partial charge in [0.1, 0.15) is 0 Å². The Morgan fingerprint density at radius 3 is 2.75 bits per heavy atom. The van der Waals surface area contributed by atoms with Gasteiger partial charge in [-0.05, 0) is 30.0 Å². The Bertz CT molecular complexity index is 534. The van der Waals surface area contributed by atoms with Gasteiger partial charge in [-0.2, -0.15) is 5.10 Å². The highest BCUT2D eigenvalue weighted by Gasteiger charge is 2.07. The lowest BCUT2D eigenvalue weighted by molar-refractivity contribution is 0.553. The van der Waals surface area contributed by atoms with Crippen LogP contribution in [0, 0.1) is 6.92 Å². The van der Waals surface area contributed by atoms with E-state index in [1.165, 1.54) is 41.5 Å². The zero-order valence-corrected chi connectivity index (χ0v) is 13.1. The topological polar surface area (TPSA) is 43.8 Å². The molecule has 1 aromatic carbocycles. The van der Waals surface area contributed by atoms with E-state index < -0.39 is 0 Å². The summed E-state index contributed by atoms with van der Waals surface area (Å²) in [7, 11) is 0. The minimum atomic E-state index is 0. The summed E-state index contributed by atoms with van der Waals surface area (Å²) in [5.41, 5.74) is 10.7. The van der Waals surface area contributed by atoms with Crippen molar-refractivity contribution in [2.45, 2.75) is 46.2 Å². The molecule has 1 heterocycles. The van der Waals surface area contributed by atoms with Crippen LogP contribution >= 0.6 is 12.4 Å². The summed E-state index contributed by atoms with van der Waals surface area (Å²) >= 11 is 0. The van der Waals surface area contributed by atoms with Crippen LogP contribution in [0.4, 0.5) is 0 Å². The van der Waals surface area contributed by atoms with Crippen LogP contribution in [0.25, 0.3) is 11.1 Å². The summed E-state index contributed by atoms with van der Waals surface area (Å²) in [6.45, 7) is 5.94. The molecule has 110 valence electrons. The average molecular weight is 294 g/mol. The largest absolute Gasteiger partial charge is 0.326 e. The van der Waals surface area contributed by atoms with Crippen molar-refractivity contribution in [3.05, 3.63) is 41.7 Å². The van der Waals surface area contributed by atoms with Crippen LogP contribution in [0.15, 0.2) is 30.6 Å². The number of nitrogens with two attached hydrogens (primary N) is 1. The standard InChI is InChI=1S/C16H23N3.ClH/c1-3-4-5-9-19-12-15(11-18-19)16-8-6-7-14(10-17)13(16)2;/h6-8,11-12H,3-5,9-10,17H2,1-2H3;1H. The van der Waals surface area contributed by atoms with Gasteiger partial charge < -0.3 is 5.73 Å². The second-order valence-electron chi connectivity index (χ2n) is 4.99. The van der Waals surface area contributed by atoms with E-state index in [-0.39, 0.29) is 12.4 Å². The molecule has 2 aromatic rings. The van der Waals surface area contributed by atoms with Gasteiger partial charge in [0, 0.05) is 24.8 Å². The summed E-state index contributed by atoms with van der Waals surface area (Å²) in [4.78, 5) is 0. The zero-order chi connectivity index (χ0) is 13.7. The molecule has 0 aliphatic heterocycles. The number of aryl methyl sites for hydroxylation is 1. The van der Waals surface area contributed by atoms with Gasteiger partial charge in [0.2, 0.25) is 0 Å². The third kappa shape index (κ3) is 3.84. The Morgan fingerprint density at radius 1 is 1.25 bits per heavy atom. The normalized spacial score (nSPS) is 10.3. The number of hydrogen-bond acceptors (Lipinski definition) is 2. The molecule has 0 saturated heterocycles. The van der Waals surface area contributed by atoms with E-state index in [2.05, 4.69) is 43.3 Å². The first-order valence-electron chi connectivity index (χ1n) is 7.07. The minimum Gasteiger partial charge on any atom is -0.326 e. The van der Waals surface area contributed by atoms with E-state index in [4.69, 9.17) is 5.73 Å². The maximum Gasteiger partial charge on any atom is 0.0568 e. The number of rotatable bonds is 6.